The zero-order chi connectivity index (χ0) is 17.1. The number of fused-ring (bicyclic) bond motifs is 1. The van der Waals surface area contributed by atoms with E-state index in [1.807, 2.05) is 0 Å². The molecule has 3 rings (SSSR count). The van der Waals surface area contributed by atoms with Crippen molar-refractivity contribution in [2.45, 2.75) is 97.9 Å². The normalized spacial score (nSPS) is 41.5. The first-order valence-corrected chi connectivity index (χ1v) is 11.4. The van der Waals surface area contributed by atoms with Crippen molar-refractivity contribution in [2.24, 2.45) is 35.5 Å². The smallest absolute Gasteiger partial charge is 0.0126 e. The van der Waals surface area contributed by atoms with Gasteiger partial charge in [0, 0.05) is 6.04 Å². The lowest BCUT2D eigenvalue weighted by Gasteiger charge is -2.40. The molecule has 1 heterocycles. The molecule has 2 aliphatic carbocycles. The van der Waals surface area contributed by atoms with Crippen molar-refractivity contribution < 1.29 is 0 Å². The number of hydrogen-bond acceptors (Lipinski definition) is 1. The summed E-state index contributed by atoms with van der Waals surface area (Å²) < 4.78 is 0. The first kappa shape index (κ1) is 18.7. The molecule has 0 radical (unpaired) electrons. The lowest BCUT2D eigenvalue weighted by molar-refractivity contribution is 0.0911. The molecule has 0 spiro atoms. The zero-order valence-corrected chi connectivity index (χ0v) is 17.0. The fourth-order valence-corrected chi connectivity index (χ4v) is 6.85. The second-order valence-corrected chi connectivity index (χ2v) is 9.59. The number of rotatable bonds is 7. The van der Waals surface area contributed by atoms with Gasteiger partial charge >= 0.3 is 0 Å². The number of hydrogen-bond donors (Lipinski definition) is 0. The molecule has 0 bridgehead atoms. The molecular formula is C23H43N. The zero-order valence-electron chi connectivity index (χ0n) is 17.0. The van der Waals surface area contributed by atoms with E-state index in [1.54, 1.807) is 0 Å². The van der Waals surface area contributed by atoms with Gasteiger partial charge in [0.25, 0.3) is 0 Å². The Hall–Kier alpha value is -0.0400. The molecule has 0 N–H and O–H groups in total. The van der Waals surface area contributed by atoms with E-state index >= 15 is 0 Å². The SMILES string of the molecule is CCCC(CC)CCC1C(C)CCC2C1C[C@@H](N1CCCC1)[C@H]2C. The lowest BCUT2D eigenvalue weighted by Crippen LogP contribution is -2.35. The summed E-state index contributed by atoms with van der Waals surface area (Å²) in [5, 5.41) is 0. The highest BCUT2D eigenvalue weighted by atomic mass is 15.2. The van der Waals surface area contributed by atoms with Crippen LogP contribution in [0.2, 0.25) is 0 Å². The molecule has 5 unspecified atom stereocenters. The second-order valence-electron chi connectivity index (χ2n) is 9.59. The average molecular weight is 334 g/mol. The molecule has 1 saturated heterocycles. The molecule has 24 heavy (non-hydrogen) atoms. The van der Waals surface area contributed by atoms with Gasteiger partial charge in [-0.3, -0.25) is 0 Å². The topological polar surface area (TPSA) is 3.24 Å². The Labute approximate surface area is 152 Å². The van der Waals surface area contributed by atoms with E-state index in [2.05, 4.69) is 32.6 Å². The Kier molecular flexibility index (Phi) is 6.69. The molecule has 1 heteroatoms. The summed E-state index contributed by atoms with van der Waals surface area (Å²) in [5.74, 6) is 6.06. The Morgan fingerprint density at radius 2 is 1.71 bits per heavy atom. The van der Waals surface area contributed by atoms with Crippen molar-refractivity contribution >= 4 is 0 Å². The van der Waals surface area contributed by atoms with E-state index < -0.39 is 0 Å². The maximum absolute atomic E-state index is 2.87. The second kappa shape index (κ2) is 8.56. The van der Waals surface area contributed by atoms with Gasteiger partial charge in [0.15, 0.2) is 0 Å². The summed E-state index contributed by atoms with van der Waals surface area (Å²) in [7, 11) is 0. The molecular weight excluding hydrogens is 290 g/mol. The predicted molar refractivity (Wildman–Crippen MR) is 105 cm³/mol. The monoisotopic (exact) mass is 333 g/mol. The summed E-state index contributed by atoms with van der Waals surface area (Å²) in [6.45, 7) is 12.7. The van der Waals surface area contributed by atoms with Crippen LogP contribution in [-0.2, 0) is 0 Å². The van der Waals surface area contributed by atoms with Gasteiger partial charge in [0.2, 0.25) is 0 Å². The quantitative estimate of drug-likeness (QED) is 0.523. The third-order valence-electron chi connectivity index (χ3n) is 8.37. The van der Waals surface area contributed by atoms with Gasteiger partial charge in [0.05, 0.1) is 0 Å². The standard InChI is InChI=1S/C23H43N/c1-5-9-19(6-2)11-13-20-17(3)10-12-21-18(4)23(16-22(20)21)24-14-7-8-15-24/h17-23H,5-16H2,1-4H3/t17?,18-,19?,20?,21?,22?,23+/m0/s1. The van der Waals surface area contributed by atoms with Gasteiger partial charge < -0.3 is 4.90 Å². The van der Waals surface area contributed by atoms with Crippen molar-refractivity contribution in [3.05, 3.63) is 0 Å². The van der Waals surface area contributed by atoms with Gasteiger partial charge in [-0.2, -0.15) is 0 Å². The summed E-state index contributed by atoms with van der Waals surface area (Å²) >= 11 is 0. The Morgan fingerprint density at radius 3 is 2.38 bits per heavy atom. The maximum Gasteiger partial charge on any atom is 0.0126 e. The van der Waals surface area contributed by atoms with Gasteiger partial charge in [0.1, 0.15) is 0 Å². The summed E-state index contributed by atoms with van der Waals surface area (Å²) in [6, 6.07) is 0.924. The van der Waals surface area contributed by atoms with Crippen LogP contribution in [0.1, 0.15) is 91.9 Å². The van der Waals surface area contributed by atoms with Crippen LogP contribution in [0, 0.1) is 35.5 Å². The molecule has 1 aliphatic heterocycles. The highest BCUT2D eigenvalue weighted by Crippen LogP contribution is 2.53. The summed E-state index contributed by atoms with van der Waals surface area (Å²) in [5.41, 5.74) is 0. The molecule has 0 aromatic heterocycles. The van der Waals surface area contributed by atoms with Gasteiger partial charge in [-0.25, -0.2) is 0 Å². The molecule has 140 valence electrons. The van der Waals surface area contributed by atoms with Crippen LogP contribution < -0.4 is 0 Å². The Morgan fingerprint density at radius 1 is 0.958 bits per heavy atom. The minimum atomic E-state index is 0.924. The van der Waals surface area contributed by atoms with Crippen molar-refractivity contribution in [3.63, 3.8) is 0 Å². The van der Waals surface area contributed by atoms with Crippen molar-refractivity contribution in [3.8, 4) is 0 Å². The molecule has 0 aromatic carbocycles. The Balaban J connectivity index is 1.63. The van der Waals surface area contributed by atoms with E-state index in [9.17, 15) is 0 Å². The highest BCUT2D eigenvalue weighted by Gasteiger charge is 2.49. The van der Waals surface area contributed by atoms with Crippen molar-refractivity contribution in [1.82, 2.24) is 4.90 Å². The summed E-state index contributed by atoms with van der Waals surface area (Å²) in [6.07, 6.45) is 14.7. The fourth-order valence-electron chi connectivity index (χ4n) is 6.85. The van der Waals surface area contributed by atoms with E-state index in [1.165, 1.54) is 77.3 Å². The largest absolute Gasteiger partial charge is 0.300 e. The third kappa shape index (κ3) is 3.87. The minimum Gasteiger partial charge on any atom is -0.300 e. The van der Waals surface area contributed by atoms with Crippen LogP contribution in [0.15, 0.2) is 0 Å². The third-order valence-corrected chi connectivity index (χ3v) is 8.37. The van der Waals surface area contributed by atoms with Gasteiger partial charge in [-0.1, -0.05) is 59.8 Å². The maximum atomic E-state index is 2.87. The van der Waals surface area contributed by atoms with Gasteiger partial charge in [-0.15, -0.1) is 0 Å². The van der Waals surface area contributed by atoms with Crippen molar-refractivity contribution in [1.29, 1.82) is 0 Å². The minimum absolute atomic E-state index is 0.924. The number of likely N-dealkylation sites (tertiary alicyclic amines) is 1. The predicted octanol–water partition coefficient (Wildman–Crippen LogP) is 6.38. The molecule has 1 nitrogen and oxygen atoms in total. The first-order valence-electron chi connectivity index (χ1n) is 11.4. The molecule has 3 aliphatic rings. The van der Waals surface area contributed by atoms with Crippen molar-refractivity contribution in [2.75, 3.05) is 13.1 Å². The van der Waals surface area contributed by atoms with Crippen LogP contribution in [0.4, 0.5) is 0 Å². The van der Waals surface area contributed by atoms with Crippen LogP contribution in [0.25, 0.3) is 0 Å². The lowest BCUT2D eigenvalue weighted by atomic mass is 9.65. The fraction of sp³-hybridized carbons (Fsp3) is 1.00. The van der Waals surface area contributed by atoms with Crippen LogP contribution >= 0.6 is 0 Å². The molecule has 7 atom stereocenters. The van der Waals surface area contributed by atoms with E-state index in [0.717, 1.165) is 41.5 Å². The molecule has 0 amide bonds. The van der Waals surface area contributed by atoms with E-state index in [-0.39, 0.29) is 0 Å². The molecule has 2 saturated carbocycles. The van der Waals surface area contributed by atoms with Crippen LogP contribution in [0.5, 0.6) is 0 Å². The first-order chi connectivity index (χ1) is 11.7. The summed E-state index contributed by atoms with van der Waals surface area (Å²) in [4.78, 5) is 2.87. The molecule has 3 fully saturated rings. The van der Waals surface area contributed by atoms with E-state index in [0.29, 0.717) is 0 Å². The highest BCUT2D eigenvalue weighted by molar-refractivity contribution is 5.00. The van der Waals surface area contributed by atoms with Gasteiger partial charge in [-0.05, 0) is 80.7 Å². The average Bonchev–Trinajstić information content (AvgIpc) is 3.21. The van der Waals surface area contributed by atoms with E-state index in [4.69, 9.17) is 0 Å². The number of nitrogens with zero attached hydrogens (tertiary/aromatic N) is 1. The molecule has 0 aromatic rings. The van der Waals surface area contributed by atoms with Crippen LogP contribution in [-0.4, -0.2) is 24.0 Å². The Bertz CT molecular complexity index is 372. The van der Waals surface area contributed by atoms with Crippen LogP contribution in [0.3, 0.4) is 0 Å².